The number of hydrogen-bond acceptors (Lipinski definition) is 10. The Morgan fingerprint density at radius 1 is 0.654 bits per heavy atom. The number of carbonyl (C=O) groups excluding carboxylic acids is 6. The van der Waals surface area contributed by atoms with Crippen LogP contribution in [0, 0.1) is 37.5 Å². The van der Waals surface area contributed by atoms with Gasteiger partial charge in [-0.05, 0) is 99.5 Å². The third-order valence-corrected chi connectivity index (χ3v) is 20.2. The number of Topliss-reactive ketones (excluding diaryl/α,β-unsaturated/α-hetero) is 2. The largest absolute Gasteiger partial charge is 0.459 e. The summed E-state index contributed by atoms with van der Waals surface area (Å²) in [7, 11) is 0. The highest BCUT2D eigenvalue weighted by Gasteiger charge is 2.55. The van der Waals surface area contributed by atoms with Crippen molar-refractivity contribution in [1.82, 2.24) is 29.4 Å². The zero-order valence-electron chi connectivity index (χ0n) is 47.8. The van der Waals surface area contributed by atoms with Crippen molar-refractivity contribution in [2.45, 2.75) is 157 Å². The lowest BCUT2D eigenvalue weighted by Gasteiger charge is -2.51. The maximum atomic E-state index is 14.1. The molecule has 2 fully saturated rings. The van der Waals surface area contributed by atoms with Crippen LogP contribution in [0.25, 0.3) is 0 Å². The van der Waals surface area contributed by atoms with Crippen molar-refractivity contribution in [2.75, 3.05) is 31.7 Å². The van der Waals surface area contributed by atoms with E-state index >= 15 is 0 Å². The van der Waals surface area contributed by atoms with E-state index in [0.29, 0.717) is 29.9 Å². The fraction of sp³-hybridized carbons (Fsp3) is 0.532. The number of aromatic nitrogens is 4. The number of carbonyl (C=O) groups is 6. The molecule has 0 bridgehead atoms. The van der Waals surface area contributed by atoms with Crippen LogP contribution in [-0.4, -0.2) is 119 Å². The van der Waals surface area contributed by atoms with Crippen LogP contribution in [0.3, 0.4) is 0 Å². The fourth-order valence-electron chi connectivity index (χ4n) is 10.8. The van der Waals surface area contributed by atoms with E-state index in [4.69, 9.17) is 26.2 Å². The van der Waals surface area contributed by atoms with E-state index in [0.717, 1.165) is 81.2 Å². The number of hydrogen-bond donors (Lipinski definition) is 0. The highest BCUT2D eigenvalue weighted by molar-refractivity contribution is 7.77. The minimum Gasteiger partial charge on any atom is -0.459 e. The number of halogens is 1. The highest BCUT2D eigenvalue weighted by Crippen LogP contribution is 2.55. The van der Waals surface area contributed by atoms with Gasteiger partial charge in [0.2, 0.25) is 17.3 Å². The first-order valence-electron chi connectivity index (χ1n) is 28.2. The molecule has 2 aromatic heterocycles. The number of β-lactam (4-membered cyclic amide) rings is 2. The van der Waals surface area contributed by atoms with Gasteiger partial charge in [0.15, 0.2) is 11.6 Å². The normalized spacial score (nSPS) is 17.4. The molecule has 5 atom stereocenters. The molecule has 0 spiro atoms. The highest BCUT2D eigenvalue weighted by atomic mass is 35.5. The molecular weight excluding hydrogens is 1020 g/mol. The molecule has 78 heavy (non-hydrogen) atoms. The average Bonchev–Trinajstić information content (AvgIpc) is 4.07. The van der Waals surface area contributed by atoms with Crippen molar-refractivity contribution in [2.24, 2.45) is 23.7 Å². The molecule has 2 amide bonds. The van der Waals surface area contributed by atoms with Gasteiger partial charge in [0.1, 0.15) is 30.0 Å². The molecule has 16 heteroatoms. The second-order valence-electron chi connectivity index (χ2n) is 21.5. The number of ether oxygens (including phenoxy) is 2. The summed E-state index contributed by atoms with van der Waals surface area (Å²) in [5.41, 5.74) is 4.29. The molecule has 0 aliphatic carbocycles. The Morgan fingerprint density at radius 3 is 1.50 bits per heavy atom. The molecule has 4 aromatic rings. The van der Waals surface area contributed by atoms with E-state index in [1.54, 1.807) is 17.0 Å². The molecular formula is C62H86ClN6O8P. The molecule has 2 aromatic carbocycles. The molecule has 2 aliphatic rings. The third kappa shape index (κ3) is 15.9. The maximum absolute atomic E-state index is 14.1. The van der Waals surface area contributed by atoms with Gasteiger partial charge in [-0.1, -0.05) is 172 Å². The number of esters is 2. The summed E-state index contributed by atoms with van der Waals surface area (Å²) < 4.78 is 14.5. The molecule has 14 nitrogen and oxygen atoms in total. The Morgan fingerprint density at radius 2 is 1.08 bits per heavy atom. The lowest BCUT2D eigenvalue weighted by Crippen LogP contribution is -2.67. The first-order chi connectivity index (χ1) is 37.4. The van der Waals surface area contributed by atoms with Crippen molar-refractivity contribution in [1.29, 1.82) is 0 Å². The number of amides is 2. The SMILES string of the molecule is C=CCOC(=O)C(Cl)N1C(=O)[C@H](C(C)C)[C@H]1CC(=O)c1cc(C)n(CCc2ccccc2)n1.C=CCOC(=O)C(N1C(=O)[C@H](C(C)C)[C@H]1CC(=O)c1cc(C)n(CCc2ccccc2)n1)=P(CCCC)(CCCC)CCCC. The van der Waals surface area contributed by atoms with E-state index < -0.39 is 36.4 Å². The maximum Gasteiger partial charge on any atom is 0.355 e. The van der Waals surface area contributed by atoms with Crippen molar-refractivity contribution >= 4 is 59.2 Å². The molecule has 6 rings (SSSR count). The summed E-state index contributed by atoms with van der Waals surface area (Å²) >= 11 is 6.25. The van der Waals surface area contributed by atoms with E-state index in [9.17, 15) is 28.8 Å². The second-order valence-corrected chi connectivity index (χ2v) is 26.0. The van der Waals surface area contributed by atoms with Crippen molar-refractivity contribution < 1.29 is 38.2 Å². The smallest absolute Gasteiger partial charge is 0.355 e. The van der Waals surface area contributed by atoms with E-state index in [2.05, 4.69) is 63.3 Å². The average molecular weight is 1110 g/mol. The second kappa shape index (κ2) is 30.5. The van der Waals surface area contributed by atoms with Crippen LogP contribution in [0.2, 0.25) is 0 Å². The number of nitrogens with zero attached hydrogens (tertiary/aromatic N) is 6. The third-order valence-electron chi connectivity index (χ3n) is 15.0. The number of benzene rings is 2. The zero-order chi connectivity index (χ0) is 57.1. The van der Waals surface area contributed by atoms with Gasteiger partial charge in [0.25, 0.3) is 0 Å². The van der Waals surface area contributed by atoms with Gasteiger partial charge < -0.3 is 19.3 Å². The Hall–Kier alpha value is -5.85. The Balaban J connectivity index is 0.000000301. The van der Waals surface area contributed by atoms with Crippen LogP contribution in [0.5, 0.6) is 0 Å². The van der Waals surface area contributed by atoms with E-state index in [-0.39, 0.29) is 73.1 Å². The van der Waals surface area contributed by atoms with Crippen LogP contribution < -0.4 is 0 Å². The van der Waals surface area contributed by atoms with Crippen molar-refractivity contribution in [3.05, 3.63) is 132 Å². The fourth-order valence-corrected chi connectivity index (χ4v) is 16.3. The van der Waals surface area contributed by atoms with Crippen LogP contribution in [0.1, 0.15) is 143 Å². The van der Waals surface area contributed by atoms with Crippen molar-refractivity contribution in [3.63, 3.8) is 0 Å². The Labute approximate surface area is 469 Å². The number of ketones is 2. The summed E-state index contributed by atoms with van der Waals surface area (Å²) in [6.45, 7) is 24.9. The monoisotopic (exact) mass is 1110 g/mol. The number of likely N-dealkylation sites (tertiary alicyclic amines) is 2. The molecule has 4 heterocycles. The summed E-state index contributed by atoms with van der Waals surface area (Å²) in [6.07, 6.45) is 13.6. The Kier molecular flexibility index (Phi) is 24.6. The van der Waals surface area contributed by atoms with Crippen LogP contribution in [0.4, 0.5) is 0 Å². The van der Waals surface area contributed by atoms with Gasteiger partial charge in [0, 0.05) is 37.3 Å². The van der Waals surface area contributed by atoms with Gasteiger partial charge >= 0.3 is 11.9 Å². The Bertz CT molecular complexity index is 2700. The minimum absolute atomic E-state index is 0.000976. The number of rotatable bonds is 31. The van der Waals surface area contributed by atoms with Gasteiger partial charge in [-0.15, -0.1) is 0 Å². The van der Waals surface area contributed by atoms with Gasteiger partial charge in [-0.25, -0.2) is 9.59 Å². The summed E-state index contributed by atoms with van der Waals surface area (Å²) in [6, 6.07) is 23.1. The summed E-state index contributed by atoms with van der Waals surface area (Å²) in [5, 5.41) is 9.20. The van der Waals surface area contributed by atoms with Crippen LogP contribution >= 0.6 is 18.5 Å². The van der Waals surface area contributed by atoms with Gasteiger partial charge in [-0.2, -0.15) is 10.2 Å². The summed E-state index contributed by atoms with van der Waals surface area (Å²) in [5.74, 6) is -2.38. The van der Waals surface area contributed by atoms with Gasteiger partial charge in [-0.3, -0.25) is 28.5 Å². The van der Waals surface area contributed by atoms with Gasteiger partial charge in [0.05, 0.1) is 23.9 Å². The molecule has 0 saturated carbocycles. The quantitative estimate of drug-likeness (QED) is 0.00901. The number of alkyl halides is 1. The first-order valence-corrected chi connectivity index (χ1v) is 31.0. The van der Waals surface area contributed by atoms with Crippen LogP contribution in [-0.2, 0) is 54.6 Å². The number of unbranched alkanes of at least 4 members (excludes halogenated alkanes) is 3. The molecule has 2 saturated heterocycles. The minimum atomic E-state index is -2.08. The molecule has 0 N–H and O–H groups in total. The lowest BCUT2D eigenvalue weighted by atomic mass is 9.76. The predicted molar refractivity (Wildman–Crippen MR) is 313 cm³/mol. The van der Waals surface area contributed by atoms with E-state index in [1.165, 1.54) is 22.1 Å². The predicted octanol–water partition coefficient (Wildman–Crippen LogP) is 11.6. The van der Waals surface area contributed by atoms with Crippen molar-refractivity contribution in [3.8, 4) is 0 Å². The zero-order valence-corrected chi connectivity index (χ0v) is 49.5. The molecule has 1 unspecified atom stereocenters. The lowest BCUT2D eigenvalue weighted by molar-refractivity contribution is -0.169. The molecule has 424 valence electrons. The first kappa shape index (κ1) is 63.0. The number of aryl methyl sites for hydroxylation is 6. The van der Waals surface area contributed by atoms with Crippen LogP contribution in [0.15, 0.2) is 98.1 Å². The topological polar surface area (TPSA) is 163 Å². The summed E-state index contributed by atoms with van der Waals surface area (Å²) in [4.78, 5) is 83.0. The standard InChI is InChI=1S/C37H56N3O4P.C25H30ClN3O4/c1-8-12-23-45(24-13-9-2,25-14-10-3)36(37(43)44-22-11-4)40-32(34(28(5)6)35(40)42)27-33(41)31-26-29(7)39(38-31)21-20-30-18-16-15-17-19-30;1-5-13-33-25(32)23(26)29-20(22(16(2)3)24(29)31)15-21(30)19-14-17(4)28(27-19)12-11-18-9-7-6-8-10-18/h11,15-19,26,28,32,34H,4,8-10,12-14,20-25,27H2,1-3,5-7H3;5-10,14,16,20,22-23H,1,11-13,15H2,2-4H3/t32-,34-;20-,22-,23?/m11/s1. The van der Waals surface area contributed by atoms with E-state index in [1.807, 2.05) is 93.4 Å². The molecule has 0 radical (unpaired) electrons. The molecule has 2 aliphatic heterocycles.